The highest BCUT2D eigenvalue weighted by atomic mass is 35.5. The summed E-state index contributed by atoms with van der Waals surface area (Å²) in [7, 11) is 0. The minimum absolute atomic E-state index is 0.0369. The van der Waals surface area contributed by atoms with Crippen molar-refractivity contribution in [2.75, 3.05) is 6.61 Å². The number of amidine groups is 1. The predicted molar refractivity (Wildman–Crippen MR) is 134 cm³/mol. The van der Waals surface area contributed by atoms with Crippen molar-refractivity contribution in [3.05, 3.63) is 99.0 Å². The highest BCUT2D eigenvalue weighted by Gasteiger charge is 2.58. The topological polar surface area (TPSA) is 41.9 Å². The van der Waals surface area contributed by atoms with Crippen LogP contribution in [0.4, 0.5) is 13.2 Å². The normalized spacial score (nSPS) is 21.9. The number of ether oxygens (including phenoxy) is 1. The Balaban J connectivity index is 2.00. The van der Waals surface area contributed by atoms with Crippen molar-refractivity contribution >= 4 is 35.4 Å². The maximum atomic E-state index is 13.4. The number of hydrogen-bond donors (Lipinski definition) is 0. The molecule has 2 atom stereocenters. The van der Waals surface area contributed by atoms with Crippen LogP contribution in [0.1, 0.15) is 43.0 Å². The van der Waals surface area contributed by atoms with Gasteiger partial charge in [0.15, 0.2) is 0 Å². The van der Waals surface area contributed by atoms with Crippen LogP contribution in [-0.4, -0.2) is 23.8 Å². The molecule has 0 bridgehead atoms. The minimum Gasteiger partial charge on any atom is -0.493 e. The molecule has 36 heavy (non-hydrogen) atoms. The van der Waals surface area contributed by atoms with Gasteiger partial charge in [-0.05, 0) is 74.4 Å². The Bertz CT molecular complexity index is 1310. The van der Waals surface area contributed by atoms with E-state index in [1.54, 1.807) is 43.3 Å². The zero-order chi connectivity index (χ0) is 26.3. The summed E-state index contributed by atoms with van der Waals surface area (Å²) < 4.78 is 45.9. The number of hydrogen-bond acceptors (Lipinski definition) is 3. The molecule has 0 aliphatic carbocycles. The molecular formula is C27H22Cl2F3N2O2. The molecule has 4 rings (SSSR count). The molecule has 3 aromatic carbocycles. The van der Waals surface area contributed by atoms with E-state index in [-0.39, 0.29) is 23.8 Å². The average Bonchev–Trinajstić information content (AvgIpc) is 3.07. The molecule has 1 aliphatic rings. The van der Waals surface area contributed by atoms with Crippen LogP contribution in [0, 0.1) is 0 Å². The quantitative estimate of drug-likeness (QED) is 0.332. The molecule has 1 heterocycles. The SMILES string of the molecule is CCOc1cc(C(F)(F)F)ccc1C1=NC(C)(c2ccc(Cl)cc2)C(C)(c2ccc(Cl)cc2)N1[C]=O. The first-order chi connectivity index (χ1) is 17.0. The number of nitrogens with zero attached hydrogens (tertiary/aromatic N) is 2. The third-order valence-corrected chi connectivity index (χ3v) is 7.19. The van der Waals surface area contributed by atoms with Gasteiger partial charge in [-0.3, -0.25) is 14.7 Å². The number of carbonyl (C=O) groups excluding carboxylic acids is 1. The van der Waals surface area contributed by atoms with Crippen LogP contribution in [0.3, 0.4) is 0 Å². The molecular weight excluding hydrogens is 512 g/mol. The zero-order valence-corrected chi connectivity index (χ0v) is 21.2. The third kappa shape index (κ3) is 4.24. The van der Waals surface area contributed by atoms with E-state index in [1.165, 1.54) is 11.0 Å². The lowest BCUT2D eigenvalue weighted by Gasteiger charge is -2.43. The molecule has 0 spiro atoms. The van der Waals surface area contributed by atoms with Crippen molar-refractivity contribution in [1.29, 1.82) is 0 Å². The molecule has 187 valence electrons. The smallest absolute Gasteiger partial charge is 0.416 e. The van der Waals surface area contributed by atoms with Gasteiger partial charge in [-0.1, -0.05) is 47.5 Å². The molecule has 0 aromatic heterocycles. The highest BCUT2D eigenvalue weighted by Crippen LogP contribution is 2.53. The summed E-state index contributed by atoms with van der Waals surface area (Å²) in [4.78, 5) is 18.9. The molecule has 4 nitrogen and oxygen atoms in total. The second kappa shape index (κ2) is 9.45. The average molecular weight is 534 g/mol. The fourth-order valence-corrected chi connectivity index (χ4v) is 4.83. The largest absolute Gasteiger partial charge is 0.493 e. The van der Waals surface area contributed by atoms with Crippen LogP contribution < -0.4 is 4.74 Å². The van der Waals surface area contributed by atoms with Gasteiger partial charge in [-0.2, -0.15) is 13.2 Å². The Morgan fingerprint density at radius 2 is 1.50 bits per heavy atom. The predicted octanol–water partition coefficient (Wildman–Crippen LogP) is 7.37. The van der Waals surface area contributed by atoms with Gasteiger partial charge in [0.05, 0.1) is 17.7 Å². The molecule has 3 aromatic rings. The first kappa shape index (κ1) is 26.0. The van der Waals surface area contributed by atoms with Crippen molar-refractivity contribution < 1.29 is 22.7 Å². The summed E-state index contributed by atoms with van der Waals surface area (Å²) in [6.45, 7) is 5.47. The van der Waals surface area contributed by atoms with Crippen molar-refractivity contribution in [3.8, 4) is 5.75 Å². The van der Waals surface area contributed by atoms with Crippen molar-refractivity contribution in [1.82, 2.24) is 4.90 Å². The summed E-state index contributed by atoms with van der Waals surface area (Å²) in [6, 6.07) is 17.2. The van der Waals surface area contributed by atoms with E-state index in [0.717, 1.165) is 17.7 Å². The summed E-state index contributed by atoms with van der Waals surface area (Å²) in [5.74, 6) is 0.0993. The second-order valence-corrected chi connectivity index (χ2v) is 9.53. The highest BCUT2D eigenvalue weighted by molar-refractivity contribution is 6.30. The Labute approximate surface area is 217 Å². The molecule has 1 radical (unpaired) electrons. The molecule has 9 heteroatoms. The van der Waals surface area contributed by atoms with Crippen LogP contribution in [0.2, 0.25) is 10.0 Å². The van der Waals surface area contributed by atoms with Gasteiger partial charge in [0.1, 0.15) is 22.7 Å². The van der Waals surface area contributed by atoms with E-state index in [9.17, 15) is 18.0 Å². The number of alkyl halides is 3. The molecule has 2 unspecified atom stereocenters. The van der Waals surface area contributed by atoms with E-state index < -0.39 is 22.8 Å². The van der Waals surface area contributed by atoms with Crippen molar-refractivity contribution in [2.45, 2.75) is 38.0 Å². The lowest BCUT2D eigenvalue weighted by molar-refractivity contribution is -0.137. The lowest BCUT2D eigenvalue weighted by Crippen LogP contribution is -2.52. The van der Waals surface area contributed by atoms with Gasteiger partial charge >= 0.3 is 12.6 Å². The van der Waals surface area contributed by atoms with Gasteiger partial charge in [0, 0.05) is 10.0 Å². The maximum absolute atomic E-state index is 13.4. The standard InChI is InChI=1S/C27H22Cl2F3N2O2/c1-4-36-23-15-19(27(30,31)32)9-14-22(23)24-33-25(2,17-5-10-20(28)11-6-17)26(3,34(24)16-35)18-7-12-21(29)13-8-18/h5-15H,4H2,1-3H3. The van der Waals surface area contributed by atoms with Crippen molar-refractivity contribution in [2.24, 2.45) is 4.99 Å². The first-order valence-electron chi connectivity index (χ1n) is 11.1. The van der Waals surface area contributed by atoms with E-state index in [1.807, 2.05) is 32.4 Å². The number of amides is 1. The molecule has 0 saturated heterocycles. The van der Waals surface area contributed by atoms with Gasteiger partial charge in [-0.15, -0.1) is 0 Å². The van der Waals surface area contributed by atoms with Crippen LogP contribution in [0.5, 0.6) is 5.75 Å². The van der Waals surface area contributed by atoms with Gasteiger partial charge < -0.3 is 4.74 Å². The van der Waals surface area contributed by atoms with Gasteiger partial charge in [0.2, 0.25) is 0 Å². The zero-order valence-electron chi connectivity index (χ0n) is 19.7. The first-order valence-corrected chi connectivity index (χ1v) is 11.9. The Hall–Kier alpha value is -3.03. The molecule has 1 aliphatic heterocycles. The minimum atomic E-state index is -4.56. The summed E-state index contributed by atoms with van der Waals surface area (Å²) in [5, 5.41) is 1.04. The van der Waals surface area contributed by atoms with E-state index in [4.69, 9.17) is 32.9 Å². The molecule has 0 saturated carbocycles. The lowest BCUT2D eigenvalue weighted by atomic mass is 9.71. The number of halogens is 5. The number of rotatable bonds is 6. The Kier molecular flexibility index (Phi) is 6.84. The third-order valence-electron chi connectivity index (χ3n) is 6.69. The number of aliphatic imine (C=N–C) groups is 1. The van der Waals surface area contributed by atoms with E-state index in [0.29, 0.717) is 15.6 Å². The van der Waals surface area contributed by atoms with E-state index in [2.05, 4.69) is 0 Å². The van der Waals surface area contributed by atoms with Gasteiger partial charge in [-0.25, -0.2) is 0 Å². The van der Waals surface area contributed by atoms with Gasteiger partial charge in [0.25, 0.3) is 0 Å². The van der Waals surface area contributed by atoms with Crippen LogP contribution in [-0.2, 0) is 22.0 Å². The molecule has 1 amide bonds. The molecule has 0 fully saturated rings. The van der Waals surface area contributed by atoms with Crippen LogP contribution >= 0.6 is 23.2 Å². The summed E-state index contributed by atoms with van der Waals surface area (Å²) >= 11 is 12.3. The van der Waals surface area contributed by atoms with Crippen LogP contribution in [0.15, 0.2) is 71.7 Å². The monoisotopic (exact) mass is 533 g/mol. The van der Waals surface area contributed by atoms with Crippen molar-refractivity contribution in [3.63, 3.8) is 0 Å². The fourth-order valence-electron chi connectivity index (χ4n) is 4.58. The number of benzene rings is 3. The summed E-state index contributed by atoms with van der Waals surface area (Å²) in [6.07, 6.45) is -2.58. The van der Waals surface area contributed by atoms with E-state index >= 15 is 0 Å². The second-order valence-electron chi connectivity index (χ2n) is 8.66. The molecule has 0 N–H and O–H groups in total. The fraction of sp³-hybridized carbons (Fsp3) is 0.259. The summed E-state index contributed by atoms with van der Waals surface area (Å²) in [5.41, 5.74) is -1.39. The maximum Gasteiger partial charge on any atom is 0.416 e. The Morgan fingerprint density at radius 3 is 2.00 bits per heavy atom. The Morgan fingerprint density at radius 1 is 0.944 bits per heavy atom. The van der Waals surface area contributed by atoms with Crippen LogP contribution in [0.25, 0.3) is 0 Å².